The highest BCUT2D eigenvalue weighted by Crippen LogP contribution is 2.30. The van der Waals surface area contributed by atoms with Crippen LogP contribution in [0.15, 0.2) is 36.4 Å². The minimum absolute atomic E-state index is 0.0801. The van der Waals surface area contributed by atoms with Crippen molar-refractivity contribution < 1.29 is 9.53 Å². The summed E-state index contributed by atoms with van der Waals surface area (Å²) in [6.45, 7) is 11.5. The van der Waals surface area contributed by atoms with Crippen LogP contribution < -0.4 is 10.1 Å². The number of ether oxygens (including phenoxy) is 1. The van der Waals surface area contributed by atoms with Gasteiger partial charge >= 0.3 is 0 Å². The average Bonchev–Trinajstić information content (AvgIpc) is 2.86. The van der Waals surface area contributed by atoms with Crippen LogP contribution >= 0.6 is 0 Å². The number of hydrogen-bond acceptors (Lipinski definition) is 2. The number of aromatic nitrogens is 1. The van der Waals surface area contributed by atoms with E-state index in [-0.39, 0.29) is 5.91 Å². The molecule has 0 aliphatic carbocycles. The topological polar surface area (TPSA) is 43.3 Å². The van der Waals surface area contributed by atoms with Gasteiger partial charge in [-0.25, -0.2) is 0 Å². The van der Waals surface area contributed by atoms with Crippen LogP contribution in [0.5, 0.6) is 5.75 Å². The van der Waals surface area contributed by atoms with Gasteiger partial charge in [0.1, 0.15) is 11.4 Å². The van der Waals surface area contributed by atoms with Gasteiger partial charge in [0.05, 0.1) is 6.61 Å². The van der Waals surface area contributed by atoms with E-state index in [4.69, 9.17) is 4.74 Å². The molecular formula is C22H26N2O2. The summed E-state index contributed by atoms with van der Waals surface area (Å²) in [5.41, 5.74) is 5.83. The molecule has 0 fully saturated rings. The van der Waals surface area contributed by atoms with Crippen LogP contribution in [0.3, 0.4) is 0 Å². The molecule has 3 rings (SSSR count). The molecule has 0 aliphatic heterocycles. The van der Waals surface area contributed by atoms with E-state index in [2.05, 4.69) is 22.9 Å². The molecule has 0 unspecified atom stereocenters. The van der Waals surface area contributed by atoms with E-state index in [9.17, 15) is 4.79 Å². The second kappa shape index (κ2) is 7.24. The molecule has 0 saturated heterocycles. The predicted octanol–water partition coefficient (Wildman–Crippen LogP) is 5.24. The standard InChI is InChI=1S/C22H26N2O2/c1-6-24-20-9-8-18(26-7-2)13-19(20)16(5)21(24)22(25)23-17-11-14(3)10-15(4)12-17/h8-13H,6-7H2,1-5H3,(H,23,25). The van der Waals surface area contributed by atoms with Gasteiger partial charge in [0.25, 0.3) is 5.91 Å². The van der Waals surface area contributed by atoms with Gasteiger partial charge in [0.2, 0.25) is 0 Å². The molecule has 0 bridgehead atoms. The number of anilines is 1. The second-order valence-corrected chi connectivity index (χ2v) is 6.66. The monoisotopic (exact) mass is 350 g/mol. The molecular weight excluding hydrogens is 324 g/mol. The molecule has 0 saturated carbocycles. The molecule has 1 amide bonds. The highest BCUT2D eigenvalue weighted by atomic mass is 16.5. The molecule has 0 spiro atoms. The zero-order valence-corrected chi connectivity index (χ0v) is 16.1. The number of amides is 1. The molecule has 1 N–H and O–H groups in total. The van der Waals surface area contributed by atoms with Crippen molar-refractivity contribution in [1.29, 1.82) is 0 Å². The predicted molar refractivity (Wildman–Crippen MR) is 107 cm³/mol. The first-order valence-electron chi connectivity index (χ1n) is 9.09. The lowest BCUT2D eigenvalue weighted by molar-refractivity contribution is 0.101. The van der Waals surface area contributed by atoms with Crippen LogP contribution in [0.1, 0.15) is 41.0 Å². The van der Waals surface area contributed by atoms with Crippen LogP contribution in [0.4, 0.5) is 5.69 Å². The van der Waals surface area contributed by atoms with E-state index in [1.165, 1.54) is 0 Å². The maximum Gasteiger partial charge on any atom is 0.272 e. The number of carbonyl (C=O) groups excluding carboxylic acids is 1. The van der Waals surface area contributed by atoms with Crippen molar-refractivity contribution in [3.05, 3.63) is 58.8 Å². The van der Waals surface area contributed by atoms with Crippen molar-refractivity contribution in [3.8, 4) is 5.75 Å². The molecule has 0 atom stereocenters. The summed E-state index contributed by atoms with van der Waals surface area (Å²) in [6, 6.07) is 12.1. The Kier molecular flexibility index (Phi) is 5.03. The smallest absolute Gasteiger partial charge is 0.272 e. The second-order valence-electron chi connectivity index (χ2n) is 6.66. The van der Waals surface area contributed by atoms with E-state index in [0.717, 1.165) is 45.6 Å². The molecule has 1 aromatic heterocycles. The van der Waals surface area contributed by atoms with Gasteiger partial charge in [-0.2, -0.15) is 0 Å². The molecule has 0 radical (unpaired) electrons. The summed E-state index contributed by atoms with van der Waals surface area (Å²) in [5.74, 6) is 0.751. The Morgan fingerprint density at radius 2 is 1.73 bits per heavy atom. The van der Waals surface area contributed by atoms with Crippen molar-refractivity contribution in [2.75, 3.05) is 11.9 Å². The first-order chi connectivity index (χ1) is 12.4. The van der Waals surface area contributed by atoms with Crippen molar-refractivity contribution in [2.24, 2.45) is 0 Å². The van der Waals surface area contributed by atoms with E-state index < -0.39 is 0 Å². The summed E-state index contributed by atoms with van der Waals surface area (Å²) >= 11 is 0. The lowest BCUT2D eigenvalue weighted by atomic mass is 10.1. The molecule has 26 heavy (non-hydrogen) atoms. The van der Waals surface area contributed by atoms with Crippen molar-refractivity contribution in [2.45, 2.75) is 41.2 Å². The van der Waals surface area contributed by atoms with Gasteiger partial charge < -0.3 is 14.6 Å². The Balaban J connectivity index is 2.05. The van der Waals surface area contributed by atoms with E-state index in [1.54, 1.807) is 0 Å². The fourth-order valence-corrected chi connectivity index (χ4v) is 3.62. The number of benzene rings is 2. The molecule has 136 valence electrons. The molecule has 4 heteroatoms. The number of nitrogens with one attached hydrogen (secondary N) is 1. The summed E-state index contributed by atoms with van der Waals surface area (Å²) in [4.78, 5) is 13.1. The maximum absolute atomic E-state index is 13.1. The number of carbonyl (C=O) groups is 1. The van der Waals surface area contributed by atoms with E-state index in [1.807, 2.05) is 58.0 Å². The quantitative estimate of drug-likeness (QED) is 0.684. The first-order valence-corrected chi connectivity index (χ1v) is 9.09. The van der Waals surface area contributed by atoms with Gasteiger partial charge in [-0.15, -0.1) is 0 Å². The Hall–Kier alpha value is -2.75. The van der Waals surface area contributed by atoms with Crippen molar-refractivity contribution in [3.63, 3.8) is 0 Å². The minimum atomic E-state index is -0.0801. The third-order valence-corrected chi connectivity index (χ3v) is 4.61. The fourth-order valence-electron chi connectivity index (χ4n) is 3.62. The fraction of sp³-hybridized carbons (Fsp3) is 0.318. The summed E-state index contributed by atoms with van der Waals surface area (Å²) in [5, 5.41) is 4.12. The summed E-state index contributed by atoms with van der Waals surface area (Å²) in [7, 11) is 0. The van der Waals surface area contributed by atoms with Gasteiger partial charge in [-0.05, 0) is 81.6 Å². The Bertz CT molecular complexity index is 950. The van der Waals surface area contributed by atoms with Gasteiger partial charge in [-0.1, -0.05) is 6.07 Å². The van der Waals surface area contributed by atoms with Gasteiger partial charge in [0, 0.05) is 23.1 Å². The number of hydrogen-bond donors (Lipinski definition) is 1. The van der Waals surface area contributed by atoms with E-state index >= 15 is 0 Å². The van der Waals surface area contributed by atoms with E-state index in [0.29, 0.717) is 12.3 Å². The number of fused-ring (bicyclic) bond motifs is 1. The Morgan fingerprint density at radius 3 is 2.35 bits per heavy atom. The van der Waals surface area contributed by atoms with Crippen LogP contribution in [-0.2, 0) is 6.54 Å². The summed E-state index contributed by atoms with van der Waals surface area (Å²) < 4.78 is 7.69. The minimum Gasteiger partial charge on any atom is -0.494 e. The zero-order valence-electron chi connectivity index (χ0n) is 16.1. The lowest BCUT2D eigenvalue weighted by Gasteiger charge is -2.11. The maximum atomic E-state index is 13.1. The average molecular weight is 350 g/mol. The third-order valence-electron chi connectivity index (χ3n) is 4.61. The van der Waals surface area contributed by atoms with Crippen molar-refractivity contribution in [1.82, 2.24) is 4.57 Å². The van der Waals surface area contributed by atoms with Crippen molar-refractivity contribution >= 4 is 22.5 Å². The zero-order chi connectivity index (χ0) is 18.8. The number of rotatable bonds is 5. The van der Waals surface area contributed by atoms with Crippen LogP contribution in [0.2, 0.25) is 0 Å². The van der Waals surface area contributed by atoms with Gasteiger partial charge in [-0.3, -0.25) is 4.79 Å². The highest BCUT2D eigenvalue weighted by molar-refractivity contribution is 6.08. The Morgan fingerprint density at radius 1 is 1.04 bits per heavy atom. The Labute approximate surface area is 154 Å². The number of nitrogens with zero attached hydrogens (tertiary/aromatic N) is 1. The highest BCUT2D eigenvalue weighted by Gasteiger charge is 2.20. The van der Waals surface area contributed by atoms with Crippen LogP contribution in [0.25, 0.3) is 10.9 Å². The first kappa shape index (κ1) is 18.1. The van der Waals surface area contributed by atoms with Gasteiger partial charge in [0.15, 0.2) is 0 Å². The lowest BCUT2D eigenvalue weighted by Crippen LogP contribution is -2.18. The third kappa shape index (κ3) is 3.32. The molecule has 3 aromatic rings. The normalized spacial score (nSPS) is 11.0. The molecule has 4 nitrogen and oxygen atoms in total. The largest absolute Gasteiger partial charge is 0.494 e. The van der Waals surface area contributed by atoms with Crippen LogP contribution in [0, 0.1) is 20.8 Å². The number of aryl methyl sites for hydroxylation is 4. The van der Waals surface area contributed by atoms with Crippen LogP contribution in [-0.4, -0.2) is 17.1 Å². The SMILES string of the molecule is CCOc1ccc2c(c1)c(C)c(C(=O)Nc1cc(C)cc(C)c1)n2CC. The summed E-state index contributed by atoms with van der Waals surface area (Å²) in [6.07, 6.45) is 0. The molecule has 1 heterocycles. The molecule has 0 aliphatic rings. The molecule has 2 aromatic carbocycles.